The van der Waals surface area contributed by atoms with Gasteiger partial charge in [-0.1, -0.05) is 370 Å². The van der Waals surface area contributed by atoms with Gasteiger partial charge in [0.05, 0.1) is 0 Å². The highest BCUT2D eigenvalue weighted by Crippen LogP contribution is 2.19. The van der Waals surface area contributed by atoms with E-state index in [1.54, 1.807) is 0 Å². The molecule has 1 atom stereocenters. The third kappa shape index (κ3) is 69.8. The van der Waals surface area contributed by atoms with Gasteiger partial charge in [-0.15, -0.1) is 0 Å². The Bertz CT molecular complexity index is 1470. The van der Waals surface area contributed by atoms with Crippen molar-refractivity contribution in [3.8, 4) is 0 Å². The van der Waals surface area contributed by atoms with Crippen molar-refractivity contribution >= 4 is 17.9 Å². The van der Waals surface area contributed by atoms with E-state index in [2.05, 4.69) is 81.5 Å². The van der Waals surface area contributed by atoms with E-state index < -0.39 is 6.10 Å². The predicted octanol–water partition coefficient (Wildman–Crippen LogP) is 25.5. The van der Waals surface area contributed by atoms with Crippen molar-refractivity contribution in [1.29, 1.82) is 0 Å². The van der Waals surface area contributed by atoms with Crippen molar-refractivity contribution < 1.29 is 28.6 Å². The minimum atomic E-state index is -0.787. The lowest BCUT2D eigenvalue weighted by Crippen LogP contribution is -2.30. The Hall–Kier alpha value is -2.89. The number of allylic oxidation sites excluding steroid dienone is 10. The fraction of sp³-hybridized carbons (Fsp3) is 0.831. The Morgan fingerprint density at radius 1 is 0.253 bits per heavy atom. The number of hydrogen-bond donors (Lipinski definition) is 0. The number of esters is 3. The Kier molecular flexibility index (Phi) is 69.1. The van der Waals surface area contributed by atoms with E-state index in [1.807, 2.05) is 0 Å². The van der Waals surface area contributed by atoms with E-state index in [0.29, 0.717) is 19.3 Å². The van der Waals surface area contributed by atoms with E-state index in [9.17, 15) is 14.4 Å². The third-order valence-electron chi connectivity index (χ3n) is 16.5. The van der Waals surface area contributed by atoms with Gasteiger partial charge >= 0.3 is 17.9 Å². The summed E-state index contributed by atoms with van der Waals surface area (Å²) in [5.41, 5.74) is 0. The van der Waals surface area contributed by atoms with Crippen molar-refractivity contribution in [3.63, 3.8) is 0 Å². The lowest BCUT2D eigenvalue weighted by molar-refractivity contribution is -0.167. The first kappa shape index (κ1) is 80.1. The molecular weight excluding hydrogens is 1020 g/mol. The molecular formula is C77H140O6. The van der Waals surface area contributed by atoms with Gasteiger partial charge < -0.3 is 14.2 Å². The van der Waals surface area contributed by atoms with Crippen LogP contribution in [0.1, 0.15) is 393 Å². The van der Waals surface area contributed by atoms with Crippen molar-refractivity contribution in [2.24, 2.45) is 0 Å². The van der Waals surface area contributed by atoms with Gasteiger partial charge in [-0.25, -0.2) is 0 Å². The molecule has 0 bridgehead atoms. The largest absolute Gasteiger partial charge is 0.462 e. The SMILES string of the molecule is CC/C=C\C/C=C\C/C=C\C/C=C\C/C=C\CCCCCC(=O)OCC(COC(=O)CCCCCCCCCCCCCCCCCCCCCCCCC)OC(=O)CCCCCCCCCCCCCCCCCCCCCCCCC. The molecule has 0 aromatic heterocycles. The molecule has 6 heteroatoms. The van der Waals surface area contributed by atoms with Gasteiger partial charge in [0.2, 0.25) is 0 Å². The fourth-order valence-electron chi connectivity index (χ4n) is 11.1. The number of rotatable bonds is 68. The first-order valence-corrected chi connectivity index (χ1v) is 36.8. The summed E-state index contributed by atoms with van der Waals surface area (Å²) >= 11 is 0. The van der Waals surface area contributed by atoms with Crippen LogP contribution < -0.4 is 0 Å². The lowest BCUT2D eigenvalue weighted by Gasteiger charge is -2.18. The Balaban J connectivity index is 4.34. The summed E-state index contributed by atoms with van der Waals surface area (Å²) in [4.78, 5) is 38.5. The van der Waals surface area contributed by atoms with E-state index in [1.165, 1.54) is 257 Å². The first-order valence-electron chi connectivity index (χ1n) is 36.8. The second kappa shape index (κ2) is 71.6. The molecule has 83 heavy (non-hydrogen) atoms. The Morgan fingerprint density at radius 3 is 0.735 bits per heavy atom. The molecule has 1 unspecified atom stereocenters. The Morgan fingerprint density at radius 2 is 0.470 bits per heavy atom. The summed E-state index contributed by atoms with van der Waals surface area (Å²) in [5, 5.41) is 0. The second-order valence-corrected chi connectivity index (χ2v) is 24.8. The van der Waals surface area contributed by atoms with Crippen molar-refractivity contribution in [2.75, 3.05) is 13.2 Å². The van der Waals surface area contributed by atoms with Crippen molar-refractivity contribution in [2.45, 2.75) is 399 Å². The van der Waals surface area contributed by atoms with E-state index in [-0.39, 0.29) is 31.1 Å². The molecule has 0 aliphatic carbocycles. The van der Waals surface area contributed by atoms with Gasteiger partial charge in [0.1, 0.15) is 13.2 Å². The zero-order chi connectivity index (χ0) is 59.9. The van der Waals surface area contributed by atoms with Gasteiger partial charge in [-0.3, -0.25) is 14.4 Å². The smallest absolute Gasteiger partial charge is 0.306 e. The molecule has 0 amide bonds. The molecule has 0 radical (unpaired) electrons. The highest BCUT2D eigenvalue weighted by molar-refractivity contribution is 5.71. The molecule has 0 aliphatic heterocycles. The van der Waals surface area contributed by atoms with Crippen LogP contribution in [0.2, 0.25) is 0 Å². The molecule has 0 aromatic carbocycles. The zero-order valence-corrected chi connectivity index (χ0v) is 55.7. The molecule has 484 valence electrons. The normalized spacial score (nSPS) is 12.4. The predicted molar refractivity (Wildman–Crippen MR) is 362 cm³/mol. The quantitative estimate of drug-likeness (QED) is 0.0261. The maximum Gasteiger partial charge on any atom is 0.306 e. The molecule has 0 saturated carbocycles. The van der Waals surface area contributed by atoms with Crippen LogP contribution in [0, 0.1) is 0 Å². The van der Waals surface area contributed by atoms with E-state index >= 15 is 0 Å². The molecule has 0 spiro atoms. The highest BCUT2D eigenvalue weighted by atomic mass is 16.6. The highest BCUT2D eigenvalue weighted by Gasteiger charge is 2.19. The summed E-state index contributed by atoms with van der Waals surface area (Å²) in [6.07, 6.45) is 92.6. The molecule has 0 saturated heterocycles. The maximum atomic E-state index is 13.0. The minimum Gasteiger partial charge on any atom is -0.462 e. The van der Waals surface area contributed by atoms with Crippen LogP contribution in [0.4, 0.5) is 0 Å². The summed E-state index contributed by atoms with van der Waals surface area (Å²) in [5.74, 6) is -0.884. The average molecular weight is 1160 g/mol. The molecule has 0 aliphatic rings. The van der Waals surface area contributed by atoms with Gasteiger partial charge in [-0.05, 0) is 64.2 Å². The first-order chi connectivity index (χ1) is 41.0. The van der Waals surface area contributed by atoms with Crippen LogP contribution in [0.15, 0.2) is 60.8 Å². The van der Waals surface area contributed by atoms with Crippen LogP contribution in [-0.4, -0.2) is 37.2 Å². The molecule has 0 N–H and O–H groups in total. The van der Waals surface area contributed by atoms with Crippen LogP contribution in [0.3, 0.4) is 0 Å². The standard InChI is InChI=1S/C77H140O6/c1-4-7-10-13-16-19-22-25-28-31-34-36-38-40-43-46-49-52-55-58-61-64-67-70-76(79)82-73-74(72-81-75(78)69-66-63-60-57-54-51-48-45-42-33-30-27-24-21-18-15-12-9-6-3)83-77(80)71-68-65-62-59-56-53-50-47-44-41-39-37-35-32-29-26-23-20-17-14-11-8-5-2/h9,12,18,21,27,30,42,45,51,54,74H,4-8,10-11,13-17,19-20,22-26,28-29,31-41,43-44,46-50,52-53,55-73H2,1-3H3/b12-9-,21-18-,30-27-,45-42-,54-51-. The van der Waals surface area contributed by atoms with Gasteiger partial charge in [0.15, 0.2) is 6.10 Å². The maximum absolute atomic E-state index is 13.0. The third-order valence-corrected chi connectivity index (χ3v) is 16.5. The number of unbranched alkanes of at least 4 members (excludes halogenated alkanes) is 47. The van der Waals surface area contributed by atoms with Gasteiger partial charge in [0.25, 0.3) is 0 Å². The molecule has 0 fully saturated rings. The van der Waals surface area contributed by atoms with Crippen LogP contribution >= 0.6 is 0 Å². The summed E-state index contributed by atoms with van der Waals surface area (Å²) < 4.78 is 17.0. The summed E-state index contributed by atoms with van der Waals surface area (Å²) in [6.45, 7) is 6.58. The number of carbonyl (C=O) groups is 3. The minimum absolute atomic E-state index is 0.0795. The van der Waals surface area contributed by atoms with Crippen LogP contribution in [-0.2, 0) is 28.6 Å². The molecule has 6 nitrogen and oxygen atoms in total. The van der Waals surface area contributed by atoms with Crippen molar-refractivity contribution in [3.05, 3.63) is 60.8 Å². The number of carbonyl (C=O) groups excluding carboxylic acids is 3. The lowest BCUT2D eigenvalue weighted by atomic mass is 10.0. The summed E-state index contributed by atoms with van der Waals surface area (Å²) in [7, 11) is 0. The van der Waals surface area contributed by atoms with Gasteiger partial charge in [-0.2, -0.15) is 0 Å². The number of ether oxygens (including phenoxy) is 3. The molecule has 0 aromatic rings. The molecule has 0 rings (SSSR count). The van der Waals surface area contributed by atoms with E-state index in [4.69, 9.17) is 14.2 Å². The topological polar surface area (TPSA) is 78.9 Å². The van der Waals surface area contributed by atoms with Gasteiger partial charge in [0, 0.05) is 19.3 Å². The monoisotopic (exact) mass is 1160 g/mol. The zero-order valence-electron chi connectivity index (χ0n) is 55.7. The van der Waals surface area contributed by atoms with Crippen molar-refractivity contribution in [1.82, 2.24) is 0 Å². The molecule has 0 heterocycles. The van der Waals surface area contributed by atoms with Crippen LogP contribution in [0.5, 0.6) is 0 Å². The fourth-order valence-corrected chi connectivity index (χ4v) is 11.1. The van der Waals surface area contributed by atoms with E-state index in [0.717, 1.165) is 96.3 Å². The average Bonchev–Trinajstić information content (AvgIpc) is 3.49. The number of hydrogen-bond acceptors (Lipinski definition) is 6. The summed E-state index contributed by atoms with van der Waals surface area (Å²) in [6, 6.07) is 0. The Labute approximate surface area is 517 Å². The van der Waals surface area contributed by atoms with Crippen LogP contribution in [0.25, 0.3) is 0 Å². The second-order valence-electron chi connectivity index (χ2n) is 24.8.